The lowest BCUT2D eigenvalue weighted by molar-refractivity contribution is -0.122. The van der Waals surface area contributed by atoms with Crippen molar-refractivity contribution in [3.63, 3.8) is 0 Å². The van der Waals surface area contributed by atoms with Crippen LogP contribution in [0.15, 0.2) is 36.9 Å². The van der Waals surface area contributed by atoms with E-state index in [4.69, 9.17) is 0 Å². The molecule has 3 aromatic heterocycles. The van der Waals surface area contributed by atoms with Gasteiger partial charge in [0.25, 0.3) is 0 Å². The molecular weight excluding hydrogens is 326 g/mol. The Bertz CT molecular complexity index is 967. The fourth-order valence-corrected chi connectivity index (χ4v) is 3.68. The summed E-state index contributed by atoms with van der Waals surface area (Å²) < 4.78 is 1.76. The highest BCUT2D eigenvalue weighted by Gasteiger charge is 2.34. The Kier molecular flexibility index (Phi) is 4.07. The van der Waals surface area contributed by atoms with E-state index in [9.17, 15) is 4.79 Å². The minimum atomic E-state index is 0.217. The highest BCUT2D eigenvalue weighted by molar-refractivity contribution is 5.87. The fourth-order valence-electron chi connectivity index (χ4n) is 3.68. The zero-order valence-corrected chi connectivity index (χ0v) is 15.4. The van der Waals surface area contributed by atoms with Crippen molar-refractivity contribution in [2.24, 2.45) is 12.5 Å². The van der Waals surface area contributed by atoms with Crippen LogP contribution in [0.5, 0.6) is 0 Å². The van der Waals surface area contributed by atoms with Crippen LogP contribution in [0.2, 0.25) is 0 Å². The van der Waals surface area contributed by atoms with E-state index in [1.165, 1.54) is 0 Å². The van der Waals surface area contributed by atoms with Gasteiger partial charge in [0.05, 0.1) is 24.9 Å². The molecule has 0 aromatic carbocycles. The van der Waals surface area contributed by atoms with E-state index in [0.717, 1.165) is 40.8 Å². The molecule has 0 bridgehead atoms. The van der Waals surface area contributed by atoms with Crippen molar-refractivity contribution in [2.75, 3.05) is 19.6 Å². The van der Waals surface area contributed by atoms with Crippen LogP contribution < -0.4 is 0 Å². The van der Waals surface area contributed by atoms with Crippen molar-refractivity contribution in [1.29, 1.82) is 0 Å². The molecule has 0 spiro atoms. The Balaban J connectivity index is 1.50. The molecule has 0 radical (unpaired) electrons. The predicted molar refractivity (Wildman–Crippen MR) is 101 cm³/mol. The molecule has 4 rings (SSSR count). The van der Waals surface area contributed by atoms with Gasteiger partial charge in [-0.3, -0.25) is 24.3 Å². The number of carbonyl (C=O) groups is 1. The monoisotopic (exact) mass is 349 g/mol. The molecule has 1 aliphatic heterocycles. The fraction of sp³-hybridized carbons (Fsp3) is 0.400. The number of ketones is 1. The second kappa shape index (κ2) is 6.29. The molecule has 0 aliphatic carbocycles. The van der Waals surface area contributed by atoms with E-state index in [0.29, 0.717) is 18.4 Å². The van der Waals surface area contributed by atoms with E-state index >= 15 is 0 Å². The predicted octanol–water partition coefficient (Wildman–Crippen LogP) is 2.48. The lowest BCUT2D eigenvalue weighted by Gasteiger charge is -2.45. The molecule has 3 aromatic rings. The summed E-state index contributed by atoms with van der Waals surface area (Å²) in [6.07, 6.45) is 7.73. The SMILES string of the molecule is Cn1cc(-c2cc3cc(CC(=O)CN4CC(C)(C)C4)ncc3cn2)cn1. The number of fused-ring (bicyclic) bond motifs is 1. The lowest BCUT2D eigenvalue weighted by Crippen LogP contribution is -2.54. The largest absolute Gasteiger partial charge is 0.298 e. The van der Waals surface area contributed by atoms with Gasteiger partial charge in [-0.15, -0.1) is 0 Å². The average molecular weight is 349 g/mol. The molecule has 26 heavy (non-hydrogen) atoms. The molecule has 6 heteroatoms. The van der Waals surface area contributed by atoms with Crippen molar-refractivity contribution in [3.8, 4) is 11.3 Å². The molecule has 0 unspecified atom stereocenters. The number of rotatable bonds is 5. The van der Waals surface area contributed by atoms with Crippen LogP contribution in [-0.2, 0) is 18.3 Å². The molecule has 0 atom stereocenters. The molecule has 0 saturated carbocycles. The summed E-state index contributed by atoms with van der Waals surface area (Å²) in [7, 11) is 1.89. The van der Waals surface area contributed by atoms with E-state index in [2.05, 4.69) is 33.8 Å². The molecule has 0 amide bonds. The third-order valence-electron chi connectivity index (χ3n) is 4.74. The van der Waals surface area contributed by atoms with Crippen LogP contribution in [0.4, 0.5) is 0 Å². The highest BCUT2D eigenvalue weighted by atomic mass is 16.1. The topological polar surface area (TPSA) is 63.9 Å². The molecule has 0 N–H and O–H groups in total. The second-order valence-corrected chi connectivity index (χ2v) is 8.02. The molecule has 6 nitrogen and oxygen atoms in total. The zero-order chi connectivity index (χ0) is 18.3. The number of aryl methyl sites for hydroxylation is 1. The quantitative estimate of drug-likeness (QED) is 0.708. The van der Waals surface area contributed by atoms with Crippen LogP contribution in [-0.4, -0.2) is 50.1 Å². The third-order valence-corrected chi connectivity index (χ3v) is 4.74. The third kappa shape index (κ3) is 3.51. The van der Waals surface area contributed by atoms with Crippen LogP contribution in [0.1, 0.15) is 19.5 Å². The number of carbonyl (C=O) groups excluding carboxylic acids is 1. The number of hydrogen-bond donors (Lipinski definition) is 0. The van der Waals surface area contributed by atoms with Crippen molar-refractivity contribution < 1.29 is 4.79 Å². The van der Waals surface area contributed by atoms with Gasteiger partial charge in [0.1, 0.15) is 0 Å². The summed E-state index contributed by atoms with van der Waals surface area (Å²) in [6.45, 7) is 6.95. The van der Waals surface area contributed by atoms with E-state index < -0.39 is 0 Å². The Hall–Kier alpha value is -2.60. The van der Waals surface area contributed by atoms with Crippen molar-refractivity contribution in [3.05, 3.63) is 42.6 Å². The van der Waals surface area contributed by atoms with Gasteiger partial charge < -0.3 is 0 Å². The first-order valence-corrected chi connectivity index (χ1v) is 8.86. The summed E-state index contributed by atoms with van der Waals surface area (Å²) in [5.74, 6) is 0.217. The first-order valence-electron chi connectivity index (χ1n) is 8.86. The van der Waals surface area contributed by atoms with Gasteiger partial charge >= 0.3 is 0 Å². The van der Waals surface area contributed by atoms with Crippen molar-refractivity contribution >= 4 is 16.6 Å². The van der Waals surface area contributed by atoms with Gasteiger partial charge in [0.15, 0.2) is 5.78 Å². The molecular formula is C20H23N5O. The van der Waals surface area contributed by atoms with Gasteiger partial charge in [-0.2, -0.15) is 5.10 Å². The van der Waals surface area contributed by atoms with Crippen molar-refractivity contribution in [1.82, 2.24) is 24.6 Å². The molecule has 134 valence electrons. The van der Waals surface area contributed by atoms with Crippen LogP contribution in [0.3, 0.4) is 0 Å². The normalized spacial score (nSPS) is 16.6. The molecule has 1 aliphatic rings. The van der Waals surface area contributed by atoms with Crippen molar-refractivity contribution in [2.45, 2.75) is 20.3 Å². The number of likely N-dealkylation sites (tertiary alicyclic amines) is 1. The zero-order valence-electron chi connectivity index (χ0n) is 15.4. The standard InChI is InChI=1S/C20H23N5O/c1-20(2)12-25(13-20)11-18(26)6-17-4-14-5-19(16-9-23-24(3)10-16)22-8-15(14)7-21-17/h4-5,7-10H,6,11-13H2,1-3H3. The van der Waals surface area contributed by atoms with Gasteiger partial charge in [-0.05, 0) is 22.9 Å². The summed E-state index contributed by atoms with van der Waals surface area (Å²) in [4.78, 5) is 23.5. The number of Topliss-reactive ketones (excluding diaryl/α,β-unsaturated/α-hetero) is 1. The summed E-state index contributed by atoms with van der Waals surface area (Å²) >= 11 is 0. The first-order chi connectivity index (χ1) is 12.4. The maximum absolute atomic E-state index is 12.3. The first kappa shape index (κ1) is 16.8. The Morgan fingerprint density at radius 3 is 2.58 bits per heavy atom. The van der Waals surface area contributed by atoms with Gasteiger partial charge in [-0.25, -0.2) is 0 Å². The molecule has 1 fully saturated rings. The second-order valence-electron chi connectivity index (χ2n) is 8.02. The number of nitrogens with zero attached hydrogens (tertiary/aromatic N) is 5. The minimum Gasteiger partial charge on any atom is -0.298 e. The average Bonchev–Trinajstić information content (AvgIpc) is 2.99. The van der Waals surface area contributed by atoms with E-state index in [1.807, 2.05) is 31.6 Å². The molecule has 4 heterocycles. The Morgan fingerprint density at radius 2 is 1.88 bits per heavy atom. The van der Waals surface area contributed by atoms with Gasteiger partial charge in [-0.1, -0.05) is 13.8 Å². The smallest absolute Gasteiger partial charge is 0.152 e. The maximum Gasteiger partial charge on any atom is 0.152 e. The minimum absolute atomic E-state index is 0.217. The molecule has 1 saturated heterocycles. The summed E-state index contributed by atoms with van der Waals surface area (Å²) in [6, 6.07) is 4.02. The van der Waals surface area contributed by atoms with E-state index in [1.54, 1.807) is 17.1 Å². The Labute approximate surface area is 152 Å². The van der Waals surface area contributed by atoms with Crippen LogP contribution in [0.25, 0.3) is 22.0 Å². The highest BCUT2D eigenvalue weighted by Crippen LogP contribution is 2.28. The maximum atomic E-state index is 12.3. The van der Waals surface area contributed by atoms with Crippen LogP contribution >= 0.6 is 0 Å². The lowest BCUT2D eigenvalue weighted by atomic mass is 9.84. The van der Waals surface area contributed by atoms with E-state index in [-0.39, 0.29) is 5.78 Å². The Morgan fingerprint density at radius 1 is 1.12 bits per heavy atom. The van der Waals surface area contributed by atoms with Gasteiger partial charge in [0.2, 0.25) is 0 Å². The summed E-state index contributed by atoms with van der Waals surface area (Å²) in [5.41, 5.74) is 3.00. The number of pyridine rings is 2. The number of aromatic nitrogens is 4. The number of hydrogen-bond acceptors (Lipinski definition) is 5. The van der Waals surface area contributed by atoms with Crippen LogP contribution in [0, 0.1) is 5.41 Å². The van der Waals surface area contributed by atoms with Gasteiger partial charge in [0, 0.05) is 55.4 Å². The summed E-state index contributed by atoms with van der Waals surface area (Å²) in [5, 5.41) is 6.21.